The quantitative estimate of drug-likeness (QED) is 0.710. The van der Waals surface area contributed by atoms with Gasteiger partial charge in [0, 0.05) is 25.1 Å². The minimum absolute atomic E-state index is 0.0787. The molecule has 0 saturated carbocycles. The lowest BCUT2D eigenvalue weighted by Gasteiger charge is -2.43. The van der Waals surface area contributed by atoms with Crippen molar-refractivity contribution in [1.29, 1.82) is 0 Å². The largest absolute Gasteiger partial charge is 0.444 e. The van der Waals surface area contributed by atoms with Crippen molar-refractivity contribution in [1.82, 2.24) is 4.90 Å². The summed E-state index contributed by atoms with van der Waals surface area (Å²) in [4.78, 5) is 13.7. The van der Waals surface area contributed by atoms with Gasteiger partial charge in [-0.2, -0.15) is 0 Å². The van der Waals surface area contributed by atoms with Crippen LogP contribution >= 0.6 is 0 Å². The Hall–Kier alpha value is -0.810. The second kappa shape index (κ2) is 5.05. The lowest BCUT2D eigenvalue weighted by atomic mass is 9.84. The molecule has 0 bridgehead atoms. The lowest BCUT2D eigenvalue weighted by molar-refractivity contribution is -0.0794. The number of ether oxygens (including phenoxy) is 2. The number of rotatable bonds is 0. The fourth-order valence-corrected chi connectivity index (χ4v) is 2.66. The second-order valence-corrected chi connectivity index (χ2v) is 6.24. The van der Waals surface area contributed by atoms with Gasteiger partial charge in [0.1, 0.15) is 5.60 Å². The third-order valence-corrected chi connectivity index (χ3v) is 3.59. The number of nitrogens with two attached hydrogens (primary N) is 1. The minimum Gasteiger partial charge on any atom is -0.444 e. The van der Waals surface area contributed by atoms with E-state index in [1.165, 1.54) is 0 Å². The van der Waals surface area contributed by atoms with Crippen molar-refractivity contribution in [3.63, 3.8) is 0 Å². The number of carbonyl (C=O) groups excluding carboxylic acids is 1. The highest BCUT2D eigenvalue weighted by Crippen LogP contribution is 2.28. The first-order chi connectivity index (χ1) is 8.37. The fourth-order valence-electron chi connectivity index (χ4n) is 2.66. The number of likely N-dealkylation sites (tertiary alicyclic amines) is 1. The van der Waals surface area contributed by atoms with Crippen LogP contribution in [0, 0.1) is 5.92 Å². The number of hydrogen-bond acceptors (Lipinski definition) is 4. The summed E-state index contributed by atoms with van der Waals surface area (Å²) in [5, 5.41) is 0. The van der Waals surface area contributed by atoms with E-state index in [1.807, 2.05) is 20.8 Å². The molecule has 2 aliphatic rings. The predicted octanol–water partition coefficient (Wildman–Crippen LogP) is 1.36. The Balaban J connectivity index is 1.92. The third kappa shape index (κ3) is 3.14. The summed E-state index contributed by atoms with van der Waals surface area (Å²) in [6.45, 7) is 7.66. The Labute approximate surface area is 109 Å². The van der Waals surface area contributed by atoms with Gasteiger partial charge in [0.25, 0.3) is 0 Å². The van der Waals surface area contributed by atoms with Gasteiger partial charge in [0.05, 0.1) is 12.6 Å². The van der Waals surface area contributed by atoms with Gasteiger partial charge in [-0.15, -0.1) is 0 Å². The molecule has 3 atom stereocenters. The van der Waals surface area contributed by atoms with Crippen LogP contribution in [0.25, 0.3) is 0 Å². The Morgan fingerprint density at radius 2 is 2.11 bits per heavy atom. The number of fused-ring (bicyclic) bond motifs is 1. The van der Waals surface area contributed by atoms with Crippen LogP contribution in [-0.4, -0.2) is 48.4 Å². The zero-order valence-electron chi connectivity index (χ0n) is 11.5. The Morgan fingerprint density at radius 1 is 1.39 bits per heavy atom. The average Bonchev–Trinajstić information content (AvgIpc) is 2.26. The standard InChI is InChI=1S/C13H24N2O3/c1-13(2,3)18-12(16)15-6-4-9-10(14)5-7-17-11(9)8-15/h9-11H,4-8,14H2,1-3H3/t9-,10+,11-/m0/s1. The molecule has 0 spiro atoms. The van der Waals surface area contributed by atoms with E-state index < -0.39 is 5.60 Å². The summed E-state index contributed by atoms with van der Waals surface area (Å²) >= 11 is 0. The van der Waals surface area contributed by atoms with Crippen LogP contribution in [0.4, 0.5) is 4.79 Å². The van der Waals surface area contributed by atoms with Crippen LogP contribution in [0.3, 0.4) is 0 Å². The van der Waals surface area contributed by atoms with E-state index in [0.29, 0.717) is 25.6 Å². The molecule has 104 valence electrons. The predicted molar refractivity (Wildman–Crippen MR) is 68.2 cm³/mol. The van der Waals surface area contributed by atoms with Crippen molar-refractivity contribution in [2.45, 2.75) is 51.4 Å². The molecule has 2 saturated heterocycles. The molecule has 0 unspecified atom stereocenters. The third-order valence-electron chi connectivity index (χ3n) is 3.59. The molecule has 0 aromatic carbocycles. The first kappa shape index (κ1) is 13.6. The fraction of sp³-hybridized carbons (Fsp3) is 0.923. The van der Waals surface area contributed by atoms with Gasteiger partial charge in [-0.05, 0) is 33.6 Å². The molecule has 2 N–H and O–H groups in total. The van der Waals surface area contributed by atoms with Crippen LogP contribution in [0.1, 0.15) is 33.6 Å². The van der Waals surface area contributed by atoms with E-state index in [9.17, 15) is 4.79 Å². The average molecular weight is 256 g/mol. The van der Waals surface area contributed by atoms with Crippen molar-refractivity contribution >= 4 is 6.09 Å². The molecule has 5 nitrogen and oxygen atoms in total. The van der Waals surface area contributed by atoms with Crippen molar-refractivity contribution in [3.8, 4) is 0 Å². The Morgan fingerprint density at radius 3 is 2.78 bits per heavy atom. The van der Waals surface area contributed by atoms with Gasteiger partial charge < -0.3 is 20.1 Å². The molecule has 2 rings (SSSR count). The molecule has 5 heteroatoms. The number of hydrogen-bond donors (Lipinski definition) is 1. The maximum Gasteiger partial charge on any atom is 0.410 e. The van der Waals surface area contributed by atoms with E-state index in [4.69, 9.17) is 15.2 Å². The van der Waals surface area contributed by atoms with Crippen LogP contribution in [0.15, 0.2) is 0 Å². The molecule has 2 fully saturated rings. The van der Waals surface area contributed by atoms with E-state index in [-0.39, 0.29) is 18.2 Å². The summed E-state index contributed by atoms with van der Waals surface area (Å²) in [5.74, 6) is 0.387. The molecule has 0 radical (unpaired) electrons. The van der Waals surface area contributed by atoms with Crippen LogP contribution in [0.5, 0.6) is 0 Å². The van der Waals surface area contributed by atoms with Crippen LogP contribution in [-0.2, 0) is 9.47 Å². The van der Waals surface area contributed by atoms with E-state index in [2.05, 4.69) is 0 Å². The van der Waals surface area contributed by atoms with Gasteiger partial charge in [0.15, 0.2) is 0 Å². The highest BCUT2D eigenvalue weighted by molar-refractivity contribution is 5.68. The van der Waals surface area contributed by atoms with Crippen molar-refractivity contribution < 1.29 is 14.3 Å². The summed E-state index contributed by atoms with van der Waals surface area (Å²) < 4.78 is 11.1. The second-order valence-electron chi connectivity index (χ2n) is 6.24. The first-order valence-electron chi connectivity index (χ1n) is 6.72. The van der Waals surface area contributed by atoms with E-state index >= 15 is 0 Å². The zero-order valence-corrected chi connectivity index (χ0v) is 11.5. The van der Waals surface area contributed by atoms with Crippen molar-refractivity contribution in [2.75, 3.05) is 19.7 Å². The van der Waals surface area contributed by atoms with Crippen LogP contribution < -0.4 is 5.73 Å². The zero-order chi connectivity index (χ0) is 13.3. The smallest absolute Gasteiger partial charge is 0.410 e. The highest BCUT2D eigenvalue weighted by atomic mass is 16.6. The molecule has 2 aliphatic heterocycles. The van der Waals surface area contributed by atoms with Gasteiger partial charge >= 0.3 is 6.09 Å². The molecule has 0 aliphatic carbocycles. The van der Waals surface area contributed by atoms with E-state index in [1.54, 1.807) is 4.90 Å². The van der Waals surface area contributed by atoms with Crippen LogP contribution in [0.2, 0.25) is 0 Å². The first-order valence-corrected chi connectivity index (χ1v) is 6.72. The van der Waals surface area contributed by atoms with Gasteiger partial charge in [-0.1, -0.05) is 0 Å². The topological polar surface area (TPSA) is 64.8 Å². The molecule has 0 aromatic heterocycles. The Bertz CT molecular complexity index is 314. The summed E-state index contributed by atoms with van der Waals surface area (Å²) in [6, 6.07) is 0.213. The van der Waals surface area contributed by atoms with Gasteiger partial charge in [-0.25, -0.2) is 4.79 Å². The summed E-state index contributed by atoms with van der Waals surface area (Å²) in [6.07, 6.45) is 1.66. The number of carbonyl (C=O) groups is 1. The molecule has 1 amide bonds. The van der Waals surface area contributed by atoms with Gasteiger partial charge in [0.2, 0.25) is 0 Å². The Kier molecular flexibility index (Phi) is 3.82. The monoisotopic (exact) mass is 256 g/mol. The molecule has 18 heavy (non-hydrogen) atoms. The van der Waals surface area contributed by atoms with Crippen molar-refractivity contribution in [2.24, 2.45) is 11.7 Å². The molecule has 2 heterocycles. The van der Waals surface area contributed by atoms with Crippen molar-refractivity contribution in [3.05, 3.63) is 0 Å². The molecular weight excluding hydrogens is 232 g/mol. The highest BCUT2D eigenvalue weighted by Gasteiger charge is 2.39. The number of piperidine rings is 1. The van der Waals surface area contributed by atoms with E-state index in [0.717, 1.165) is 12.8 Å². The summed E-state index contributed by atoms with van der Waals surface area (Å²) in [5.41, 5.74) is 5.65. The molecular formula is C13H24N2O3. The lowest BCUT2D eigenvalue weighted by Crippen LogP contribution is -2.56. The number of nitrogens with zero attached hydrogens (tertiary/aromatic N) is 1. The number of amides is 1. The SMILES string of the molecule is CC(C)(C)OC(=O)N1CC[C@H]2[C@H](N)CCO[C@H]2C1. The summed E-state index contributed by atoms with van der Waals surface area (Å²) in [7, 11) is 0. The normalized spacial score (nSPS) is 32.9. The molecule has 0 aromatic rings. The maximum absolute atomic E-state index is 12.0. The minimum atomic E-state index is -0.447. The maximum atomic E-state index is 12.0. The van der Waals surface area contributed by atoms with Gasteiger partial charge in [-0.3, -0.25) is 0 Å².